The summed E-state index contributed by atoms with van der Waals surface area (Å²) in [5.41, 5.74) is 0.550. The van der Waals surface area contributed by atoms with E-state index >= 15 is 0 Å². The van der Waals surface area contributed by atoms with Crippen molar-refractivity contribution in [2.75, 3.05) is 0 Å². The van der Waals surface area contributed by atoms with Gasteiger partial charge >= 0.3 is 11.6 Å². The van der Waals surface area contributed by atoms with Crippen LogP contribution in [-0.2, 0) is 17.6 Å². The molecule has 0 aliphatic carbocycles. The van der Waals surface area contributed by atoms with Crippen LogP contribution in [-0.4, -0.2) is 5.97 Å². The largest absolute Gasteiger partial charge is 0.426 e. The van der Waals surface area contributed by atoms with E-state index in [0.29, 0.717) is 23.3 Å². The SMILES string of the molecule is CCCc1c(Cc2c(F)cccc2Cl)c(=O)oc2cc(OC(=O)C(C)(C)C)ccc12. The molecule has 6 heteroatoms. The highest BCUT2D eigenvalue weighted by molar-refractivity contribution is 6.31. The van der Waals surface area contributed by atoms with Crippen LogP contribution in [0.15, 0.2) is 45.6 Å². The smallest absolute Gasteiger partial charge is 0.340 e. The van der Waals surface area contributed by atoms with E-state index in [1.54, 1.807) is 45.0 Å². The van der Waals surface area contributed by atoms with Crippen molar-refractivity contribution < 1.29 is 18.3 Å². The number of ether oxygens (including phenoxy) is 1. The number of hydrogen-bond acceptors (Lipinski definition) is 4. The Morgan fingerprint density at radius 2 is 1.87 bits per heavy atom. The maximum Gasteiger partial charge on any atom is 0.340 e. The predicted octanol–water partition coefficient (Wildman–Crippen LogP) is 6.08. The highest BCUT2D eigenvalue weighted by Crippen LogP contribution is 2.30. The number of carbonyl (C=O) groups is 1. The summed E-state index contributed by atoms with van der Waals surface area (Å²) in [4.78, 5) is 25.0. The summed E-state index contributed by atoms with van der Waals surface area (Å²) in [7, 11) is 0. The molecule has 0 saturated heterocycles. The normalized spacial score (nSPS) is 11.7. The first-order chi connectivity index (χ1) is 14.1. The van der Waals surface area contributed by atoms with Crippen molar-refractivity contribution in [2.24, 2.45) is 5.41 Å². The number of rotatable bonds is 5. The summed E-state index contributed by atoms with van der Waals surface area (Å²) in [6, 6.07) is 9.42. The number of esters is 1. The summed E-state index contributed by atoms with van der Waals surface area (Å²) in [6.07, 6.45) is 1.45. The fourth-order valence-electron chi connectivity index (χ4n) is 3.20. The molecule has 0 atom stereocenters. The van der Waals surface area contributed by atoms with Crippen LogP contribution in [0.3, 0.4) is 0 Å². The maximum atomic E-state index is 14.3. The number of halogens is 2. The van der Waals surface area contributed by atoms with E-state index in [4.69, 9.17) is 20.8 Å². The number of benzene rings is 2. The molecule has 0 aliphatic heterocycles. The Kier molecular flexibility index (Phi) is 6.32. The summed E-state index contributed by atoms with van der Waals surface area (Å²) < 4.78 is 25.2. The molecular weight excluding hydrogens is 407 g/mol. The molecule has 3 aromatic rings. The Labute approximate surface area is 179 Å². The van der Waals surface area contributed by atoms with E-state index in [1.165, 1.54) is 12.1 Å². The second-order valence-electron chi connectivity index (χ2n) is 8.27. The van der Waals surface area contributed by atoms with Crippen molar-refractivity contribution in [1.29, 1.82) is 0 Å². The molecule has 30 heavy (non-hydrogen) atoms. The fourth-order valence-corrected chi connectivity index (χ4v) is 3.43. The molecule has 3 rings (SSSR count). The van der Waals surface area contributed by atoms with Gasteiger partial charge in [-0.25, -0.2) is 9.18 Å². The summed E-state index contributed by atoms with van der Waals surface area (Å²) in [6.45, 7) is 7.28. The zero-order chi connectivity index (χ0) is 22.1. The maximum absolute atomic E-state index is 14.3. The molecule has 0 spiro atoms. The van der Waals surface area contributed by atoms with Gasteiger partial charge in [0.05, 0.1) is 5.41 Å². The lowest BCUT2D eigenvalue weighted by Gasteiger charge is -2.17. The topological polar surface area (TPSA) is 56.5 Å². The molecule has 0 fully saturated rings. The Morgan fingerprint density at radius 1 is 1.13 bits per heavy atom. The summed E-state index contributed by atoms with van der Waals surface area (Å²) >= 11 is 6.16. The first-order valence-corrected chi connectivity index (χ1v) is 10.2. The Hall–Kier alpha value is -2.66. The Balaban J connectivity index is 2.10. The molecule has 4 nitrogen and oxygen atoms in total. The van der Waals surface area contributed by atoms with Crippen LogP contribution in [0.2, 0.25) is 5.02 Å². The van der Waals surface area contributed by atoms with Crippen LogP contribution >= 0.6 is 11.6 Å². The Bertz CT molecular complexity index is 1140. The van der Waals surface area contributed by atoms with Crippen LogP contribution in [0.5, 0.6) is 5.75 Å². The average molecular weight is 431 g/mol. The third-order valence-electron chi connectivity index (χ3n) is 4.83. The second-order valence-corrected chi connectivity index (χ2v) is 8.68. The predicted molar refractivity (Wildman–Crippen MR) is 116 cm³/mol. The van der Waals surface area contributed by atoms with Crippen LogP contribution in [0, 0.1) is 11.2 Å². The first-order valence-electron chi connectivity index (χ1n) is 9.85. The van der Waals surface area contributed by atoms with E-state index in [-0.39, 0.29) is 23.0 Å². The standard InChI is InChI=1S/C24H24ClFO4/c1-5-7-15-16-11-10-14(29-23(28)24(2,3)4)12-21(16)30-22(27)17(15)13-18-19(25)8-6-9-20(18)26/h6,8-12H,5,7,13H2,1-4H3. The average Bonchev–Trinajstić information content (AvgIpc) is 2.65. The van der Waals surface area contributed by atoms with E-state index in [1.807, 2.05) is 6.92 Å². The lowest BCUT2D eigenvalue weighted by Crippen LogP contribution is -2.25. The third-order valence-corrected chi connectivity index (χ3v) is 5.18. The van der Waals surface area contributed by atoms with E-state index in [9.17, 15) is 14.0 Å². The second kappa shape index (κ2) is 8.60. The van der Waals surface area contributed by atoms with Gasteiger partial charge in [-0.2, -0.15) is 0 Å². The number of carbonyl (C=O) groups excluding carboxylic acids is 1. The molecule has 0 saturated carbocycles. The number of aryl methyl sites for hydroxylation is 1. The zero-order valence-corrected chi connectivity index (χ0v) is 18.2. The van der Waals surface area contributed by atoms with Crippen molar-refractivity contribution in [2.45, 2.75) is 47.0 Å². The van der Waals surface area contributed by atoms with Crippen molar-refractivity contribution in [3.05, 3.63) is 74.3 Å². The molecule has 0 aliphatic rings. The molecule has 1 heterocycles. The van der Waals surface area contributed by atoms with E-state index in [0.717, 1.165) is 17.4 Å². The molecular formula is C24H24ClFO4. The molecule has 1 aromatic heterocycles. The van der Waals surface area contributed by atoms with Gasteiger partial charge in [-0.3, -0.25) is 4.79 Å². The Morgan fingerprint density at radius 3 is 2.50 bits per heavy atom. The summed E-state index contributed by atoms with van der Waals surface area (Å²) in [5.74, 6) is -0.546. The minimum absolute atomic E-state index is 0.0415. The van der Waals surface area contributed by atoms with Gasteiger partial charge in [0.1, 0.15) is 17.1 Å². The van der Waals surface area contributed by atoms with Crippen LogP contribution in [0.4, 0.5) is 4.39 Å². The van der Waals surface area contributed by atoms with Crippen LogP contribution < -0.4 is 10.4 Å². The van der Waals surface area contributed by atoms with Gasteiger partial charge < -0.3 is 9.15 Å². The quantitative estimate of drug-likeness (QED) is 0.279. The zero-order valence-electron chi connectivity index (χ0n) is 17.5. The van der Waals surface area contributed by atoms with Crippen molar-refractivity contribution in [3.63, 3.8) is 0 Å². The highest BCUT2D eigenvalue weighted by Gasteiger charge is 2.24. The lowest BCUT2D eigenvalue weighted by atomic mass is 9.95. The molecule has 0 amide bonds. The number of fused-ring (bicyclic) bond motifs is 1. The molecule has 158 valence electrons. The van der Waals surface area contributed by atoms with Crippen LogP contribution in [0.25, 0.3) is 11.0 Å². The number of hydrogen-bond donors (Lipinski definition) is 0. The van der Waals surface area contributed by atoms with Gasteiger partial charge in [0.25, 0.3) is 0 Å². The molecule has 0 radical (unpaired) electrons. The lowest BCUT2D eigenvalue weighted by molar-refractivity contribution is -0.142. The summed E-state index contributed by atoms with van der Waals surface area (Å²) in [5, 5.41) is 0.996. The van der Waals surface area contributed by atoms with Crippen molar-refractivity contribution in [3.8, 4) is 5.75 Å². The van der Waals surface area contributed by atoms with E-state index < -0.39 is 16.9 Å². The molecule has 2 aromatic carbocycles. The fraction of sp³-hybridized carbons (Fsp3) is 0.333. The third kappa shape index (κ3) is 4.57. The van der Waals surface area contributed by atoms with E-state index in [2.05, 4.69) is 0 Å². The van der Waals surface area contributed by atoms with Gasteiger partial charge in [0, 0.05) is 34.0 Å². The van der Waals surface area contributed by atoms with Crippen LogP contribution in [0.1, 0.15) is 50.8 Å². The van der Waals surface area contributed by atoms with Gasteiger partial charge in [-0.1, -0.05) is 31.0 Å². The first kappa shape index (κ1) is 22.0. The van der Waals surface area contributed by atoms with Crippen molar-refractivity contribution in [1.82, 2.24) is 0 Å². The monoisotopic (exact) mass is 430 g/mol. The van der Waals surface area contributed by atoms with Gasteiger partial charge in [-0.15, -0.1) is 0 Å². The van der Waals surface area contributed by atoms with Crippen molar-refractivity contribution >= 4 is 28.5 Å². The molecule has 0 unspecified atom stereocenters. The minimum Gasteiger partial charge on any atom is -0.426 e. The molecule has 0 N–H and O–H groups in total. The minimum atomic E-state index is -0.661. The highest BCUT2D eigenvalue weighted by atomic mass is 35.5. The van der Waals surface area contributed by atoms with Gasteiger partial charge in [0.15, 0.2) is 0 Å². The molecule has 0 bridgehead atoms. The van der Waals surface area contributed by atoms with Gasteiger partial charge in [-0.05, 0) is 57.0 Å². The van der Waals surface area contributed by atoms with Gasteiger partial charge in [0.2, 0.25) is 0 Å².